The minimum Gasteiger partial charge on any atom is -0.302 e. The first-order valence-electron chi connectivity index (χ1n) is 6.97. The minimum atomic E-state index is -3.48. The van der Waals surface area contributed by atoms with E-state index in [1.165, 1.54) is 25.3 Å². The van der Waals surface area contributed by atoms with Gasteiger partial charge in [-0.2, -0.15) is 0 Å². The zero-order valence-corrected chi connectivity index (χ0v) is 13.3. The number of nitrogens with one attached hydrogen (secondary N) is 1. The van der Waals surface area contributed by atoms with Gasteiger partial charge in [-0.25, -0.2) is 13.1 Å². The smallest absolute Gasteiger partial charge is 0.240 e. The van der Waals surface area contributed by atoms with Gasteiger partial charge in [0.2, 0.25) is 10.0 Å². The number of rotatable bonds is 5. The number of nitrogens with zero attached hydrogens (tertiary/aromatic N) is 1. The number of sulfonamides is 1. The van der Waals surface area contributed by atoms with Crippen LogP contribution in [-0.2, 0) is 10.0 Å². The van der Waals surface area contributed by atoms with Crippen molar-refractivity contribution in [1.82, 2.24) is 9.62 Å². The first-order chi connectivity index (χ1) is 9.49. The minimum absolute atomic E-state index is 0.267. The van der Waals surface area contributed by atoms with Crippen molar-refractivity contribution in [2.45, 2.75) is 31.1 Å². The summed E-state index contributed by atoms with van der Waals surface area (Å²) in [5.74, 6) is 0. The summed E-state index contributed by atoms with van der Waals surface area (Å²) >= 11 is 5.88. The lowest BCUT2D eigenvalue weighted by Gasteiger charge is -2.26. The molecule has 0 unspecified atom stereocenters. The number of hydrogen-bond acceptors (Lipinski definition) is 3. The average molecular weight is 317 g/mol. The Morgan fingerprint density at radius 1 is 1.25 bits per heavy atom. The highest BCUT2D eigenvalue weighted by atomic mass is 35.5. The molecule has 112 valence electrons. The zero-order chi connectivity index (χ0) is 14.6. The van der Waals surface area contributed by atoms with Crippen LogP contribution in [0.1, 0.15) is 24.8 Å². The SMILES string of the molecule is Cc1ccc(Cl)cc1S(=O)(=O)NCCN1CCCCC1. The van der Waals surface area contributed by atoms with E-state index in [1.54, 1.807) is 19.1 Å². The van der Waals surface area contributed by atoms with Crippen molar-refractivity contribution in [2.75, 3.05) is 26.2 Å². The Kier molecular flexibility index (Phi) is 5.43. The van der Waals surface area contributed by atoms with Crippen molar-refractivity contribution in [2.24, 2.45) is 0 Å². The molecule has 1 aliphatic heterocycles. The fourth-order valence-electron chi connectivity index (χ4n) is 2.46. The molecule has 0 spiro atoms. The van der Waals surface area contributed by atoms with Crippen LogP contribution in [0.15, 0.2) is 23.1 Å². The van der Waals surface area contributed by atoms with Gasteiger partial charge in [0.05, 0.1) is 4.90 Å². The standard InChI is InChI=1S/C14H21ClN2O2S/c1-12-5-6-13(15)11-14(12)20(18,19)16-7-10-17-8-3-2-4-9-17/h5-6,11,16H,2-4,7-10H2,1H3. The molecule has 1 heterocycles. The summed E-state index contributed by atoms with van der Waals surface area (Å²) in [6.07, 6.45) is 3.70. The number of piperidine rings is 1. The molecule has 1 fully saturated rings. The van der Waals surface area contributed by atoms with Gasteiger partial charge in [-0.1, -0.05) is 24.1 Å². The molecule has 6 heteroatoms. The van der Waals surface area contributed by atoms with E-state index >= 15 is 0 Å². The Hall–Kier alpha value is -0.620. The van der Waals surface area contributed by atoms with Gasteiger partial charge < -0.3 is 4.90 Å². The second-order valence-corrected chi connectivity index (χ2v) is 7.38. The summed E-state index contributed by atoms with van der Waals surface area (Å²) in [7, 11) is -3.48. The van der Waals surface area contributed by atoms with Crippen LogP contribution in [0.4, 0.5) is 0 Å². The van der Waals surface area contributed by atoms with Crippen LogP contribution in [0.5, 0.6) is 0 Å². The van der Waals surface area contributed by atoms with Crippen molar-refractivity contribution < 1.29 is 8.42 Å². The predicted molar refractivity (Wildman–Crippen MR) is 81.7 cm³/mol. The van der Waals surface area contributed by atoms with Gasteiger partial charge in [-0.15, -0.1) is 0 Å². The third-order valence-corrected chi connectivity index (χ3v) is 5.45. The van der Waals surface area contributed by atoms with E-state index in [1.807, 2.05) is 0 Å². The lowest BCUT2D eigenvalue weighted by atomic mass is 10.1. The number of benzene rings is 1. The molecule has 0 amide bonds. The highest BCUT2D eigenvalue weighted by Crippen LogP contribution is 2.19. The van der Waals surface area contributed by atoms with Gasteiger partial charge in [0.25, 0.3) is 0 Å². The van der Waals surface area contributed by atoms with E-state index in [4.69, 9.17) is 11.6 Å². The van der Waals surface area contributed by atoms with Gasteiger partial charge >= 0.3 is 0 Å². The van der Waals surface area contributed by atoms with Crippen LogP contribution in [0.25, 0.3) is 0 Å². The van der Waals surface area contributed by atoms with E-state index < -0.39 is 10.0 Å². The fourth-order valence-corrected chi connectivity index (χ4v) is 3.99. The Balaban J connectivity index is 1.95. The van der Waals surface area contributed by atoms with Crippen molar-refractivity contribution in [1.29, 1.82) is 0 Å². The molecule has 0 saturated carbocycles. The van der Waals surface area contributed by atoms with Gasteiger partial charge in [0.1, 0.15) is 0 Å². The van der Waals surface area contributed by atoms with Gasteiger partial charge in [0.15, 0.2) is 0 Å². The molecule has 4 nitrogen and oxygen atoms in total. The van der Waals surface area contributed by atoms with Crippen molar-refractivity contribution in [3.8, 4) is 0 Å². The molecule has 0 atom stereocenters. The van der Waals surface area contributed by atoms with Crippen LogP contribution in [0, 0.1) is 6.92 Å². The third kappa shape index (κ3) is 4.19. The average Bonchev–Trinajstić information content (AvgIpc) is 2.42. The van der Waals surface area contributed by atoms with Gasteiger partial charge in [-0.05, 0) is 50.6 Å². The Labute approximate surface area is 126 Å². The van der Waals surface area contributed by atoms with Gasteiger partial charge in [-0.3, -0.25) is 0 Å². The Bertz CT molecular complexity index is 554. The first-order valence-corrected chi connectivity index (χ1v) is 8.83. The molecule has 1 aromatic rings. The highest BCUT2D eigenvalue weighted by Gasteiger charge is 2.17. The number of aryl methyl sites for hydroxylation is 1. The molecule has 0 aromatic heterocycles. The van der Waals surface area contributed by atoms with Crippen molar-refractivity contribution in [3.63, 3.8) is 0 Å². The second-order valence-electron chi connectivity index (χ2n) is 5.21. The Morgan fingerprint density at radius 2 is 1.95 bits per heavy atom. The maximum Gasteiger partial charge on any atom is 0.240 e. The molecule has 1 aliphatic rings. The molecular formula is C14H21ClN2O2S. The van der Waals surface area contributed by atoms with E-state index in [2.05, 4.69) is 9.62 Å². The third-order valence-electron chi connectivity index (χ3n) is 3.61. The Morgan fingerprint density at radius 3 is 2.65 bits per heavy atom. The van der Waals surface area contributed by atoms with Crippen molar-refractivity contribution >= 4 is 21.6 Å². The van der Waals surface area contributed by atoms with Crippen LogP contribution in [0.2, 0.25) is 5.02 Å². The molecule has 0 bridgehead atoms. The molecule has 20 heavy (non-hydrogen) atoms. The van der Waals surface area contributed by atoms with E-state index in [-0.39, 0.29) is 4.90 Å². The number of hydrogen-bond donors (Lipinski definition) is 1. The summed E-state index contributed by atoms with van der Waals surface area (Å²) < 4.78 is 27.2. The fraction of sp³-hybridized carbons (Fsp3) is 0.571. The second kappa shape index (κ2) is 6.89. The maximum absolute atomic E-state index is 12.3. The normalized spacial score (nSPS) is 17.3. The van der Waals surface area contributed by atoms with Crippen LogP contribution in [0.3, 0.4) is 0 Å². The highest BCUT2D eigenvalue weighted by molar-refractivity contribution is 7.89. The summed E-state index contributed by atoms with van der Waals surface area (Å²) in [6.45, 7) is 5.11. The van der Waals surface area contributed by atoms with Gasteiger partial charge in [0, 0.05) is 18.1 Å². The van der Waals surface area contributed by atoms with Crippen LogP contribution >= 0.6 is 11.6 Å². The number of likely N-dealkylation sites (tertiary alicyclic amines) is 1. The molecule has 1 N–H and O–H groups in total. The monoisotopic (exact) mass is 316 g/mol. The van der Waals surface area contributed by atoms with E-state index in [0.717, 1.165) is 19.6 Å². The maximum atomic E-state index is 12.3. The first kappa shape index (κ1) is 15.8. The molecule has 0 aliphatic carbocycles. The molecule has 2 rings (SSSR count). The lowest BCUT2D eigenvalue weighted by Crippen LogP contribution is -2.37. The lowest BCUT2D eigenvalue weighted by molar-refractivity contribution is 0.233. The van der Waals surface area contributed by atoms with E-state index in [9.17, 15) is 8.42 Å². The summed E-state index contributed by atoms with van der Waals surface area (Å²) in [5, 5.41) is 0.437. The number of halogens is 1. The molecule has 1 saturated heterocycles. The molecular weight excluding hydrogens is 296 g/mol. The summed E-state index contributed by atoms with van der Waals surface area (Å²) in [4.78, 5) is 2.57. The van der Waals surface area contributed by atoms with E-state index in [0.29, 0.717) is 17.1 Å². The quantitative estimate of drug-likeness (QED) is 0.907. The van der Waals surface area contributed by atoms with Crippen LogP contribution in [-0.4, -0.2) is 39.5 Å². The largest absolute Gasteiger partial charge is 0.302 e. The van der Waals surface area contributed by atoms with Crippen LogP contribution < -0.4 is 4.72 Å². The summed E-state index contributed by atoms with van der Waals surface area (Å²) in [5.41, 5.74) is 0.708. The zero-order valence-electron chi connectivity index (χ0n) is 11.7. The molecule has 0 radical (unpaired) electrons. The topological polar surface area (TPSA) is 49.4 Å². The summed E-state index contributed by atoms with van der Waals surface area (Å²) in [6, 6.07) is 4.92. The predicted octanol–water partition coefficient (Wildman–Crippen LogP) is 2.41. The van der Waals surface area contributed by atoms with Crippen molar-refractivity contribution in [3.05, 3.63) is 28.8 Å². The molecule has 1 aromatic carbocycles.